The van der Waals surface area contributed by atoms with E-state index in [9.17, 15) is 4.79 Å². The third-order valence-electron chi connectivity index (χ3n) is 1.12. The molecule has 11 heavy (non-hydrogen) atoms. The zero-order valence-corrected chi connectivity index (χ0v) is 7.07. The minimum absolute atomic E-state index is 0.147. The van der Waals surface area contributed by atoms with E-state index in [1.807, 2.05) is 23.8 Å². The summed E-state index contributed by atoms with van der Waals surface area (Å²) in [4.78, 5) is 10.9. The van der Waals surface area contributed by atoms with Gasteiger partial charge in [0.2, 0.25) is 0 Å². The second kappa shape index (κ2) is 3.98. The van der Waals surface area contributed by atoms with Crippen molar-refractivity contribution in [1.82, 2.24) is 5.32 Å². The number of rotatable bonds is 2. The number of amides is 2. The van der Waals surface area contributed by atoms with Gasteiger partial charge in [0.25, 0.3) is 0 Å². The first-order valence-corrected chi connectivity index (χ1v) is 4.34. The van der Waals surface area contributed by atoms with Crippen molar-refractivity contribution in [3.63, 3.8) is 0 Å². The van der Waals surface area contributed by atoms with Crippen molar-refractivity contribution < 1.29 is 4.79 Å². The summed E-state index contributed by atoms with van der Waals surface area (Å²) in [7, 11) is 0. The molecule has 1 aromatic rings. The molecule has 0 aliphatic heterocycles. The molecule has 0 saturated heterocycles. The van der Waals surface area contributed by atoms with E-state index in [-0.39, 0.29) is 6.03 Å². The van der Waals surface area contributed by atoms with Crippen LogP contribution in [0.25, 0.3) is 0 Å². The van der Waals surface area contributed by atoms with Crippen molar-refractivity contribution in [3.8, 4) is 0 Å². The number of nitrogens with one attached hydrogen (secondary N) is 2. The average molecular weight is 170 g/mol. The Balaban J connectivity index is 2.37. The van der Waals surface area contributed by atoms with E-state index < -0.39 is 0 Å². The minimum atomic E-state index is -0.147. The fourth-order valence-electron chi connectivity index (χ4n) is 0.671. The van der Waals surface area contributed by atoms with E-state index in [4.69, 9.17) is 0 Å². The van der Waals surface area contributed by atoms with Gasteiger partial charge in [-0.05, 0) is 18.4 Å². The van der Waals surface area contributed by atoms with Crippen LogP contribution >= 0.6 is 11.3 Å². The zero-order valence-electron chi connectivity index (χ0n) is 6.26. The van der Waals surface area contributed by atoms with Gasteiger partial charge < -0.3 is 10.6 Å². The van der Waals surface area contributed by atoms with E-state index in [0.29, 0.717) is 6.54 Å². The molecular formula is C7H10N2OS. The van der Waals surface area contributed by atoms with Gasteiger partial charge in [-0.1, -0.05) is 0 Å². The third-order valence-corrected chi connectivity index (χ3v) is 1.80. The highest BCUT2D eigenvalue weighted by Crippen LogP contribution is 2.10. The molecule has 4 heteroatoms. The highest BCUT2D eigenvalue weighted by molar-refractivity contribution is 7.08. The van der Waals surface area contributed by atoms with E-state index >= 15 is 0 Å². The van der Waals surface area contributed by atoms with Gasteiger partial charge in [0.15, 0.2) is 0 Å². The van der Waals surface area contributed by atoms with Crippen LogP contribution in [0, 0.1) is 0 Å². The molecule has 0 atom stereocenters. The Hall–Kier alpha value is -1.03. The molecule has 1 heterocycles. The topological polar surface area (TPSA) is 41.1 Å². The van der Waals surface area contributed by atoms with E-state index in [1.165, 1.54) is 0 Å². The van der Waals surface area contributed by atoms with E-state index in [1.54, 1.807) is 11.3 Å². The molecule has 0 fully saturated rings. The average Bonchev–Trinajstić information content (AvgIpc) is 2.40. The first kappa shape index (κ1) is 8.07. The van der Waals surface area contributed by atoms with Gasteiger partial charge in [-0.15, -0.1) is 0 Å². The van der Waals surface area contributed by atoms with Crippen LogP contribution in [0.5, 0.6) is 0 Å². The monoisotopic (exact) mass is 170 g/mol. The van der Waals surface area contributed by atoms with Crippen LogP contribution in [-0.4, -0.2) is 12.6 Å². The summed E-state index contributed by atoms with van der Waals surface area (Å²) in [6.07, 6.45) is 0. The summed E-state index contributed by atoms with van der Waals surface area (Å²) in [5.41, 5.74) is 0.848. The molecule has 0 spiro atoms. The van der Waals surface area contributed by atoms with Crippen LogP contribution in [0.3, 0.4) is 0 Å². The number of hydrogen-bond donors (Lipinski definition) is 2. The van der Waals surface area contributed by atoms with Gasteiger partial charge in [-0.2, -0.15) is 11.3 Å². The Kier molecular flexibility index (Phi) is 2.92. The lowest BCUT2D eigenvalue weighted by atomic mass is 10.5. The lowest BCUT2D eigenvalue weighted by Gasteiger charge is -2.01. The molecule has 2 amide bonds. The molecule has 0 saturated carbocycles. The van der Waals surface area contributed by atoms with E-state index in [0.717, 1.165) is 5.69 Å². The predicted molar refractivity (Wildman–Crippen MR) is 47.0 cm³/mol. The Bertz CT molecular complexity index is 220. The normalized spacial score (nSPS) is 9.18. The lowest BCUT2D eigenvalue weighted by Crippen LogP contribution is -2.27. The second-order valence-electron chi connectivity index (χ2n) is 2.00. The summed E-state index contributed by atoms with van der Waals surface area (Å²) in [6, 6.07) is 1.71. The predicted octanol–water partition coefficient (Wildman–Crippen LogP) is 1.89. The lowest BCUT2D eigenvalue weighted by molar-refractivity contribution is 0.252. The Morgan fingerprint density at radius 2 is 2.55 bits per heavy atom. The zero-order chi connectivity index (χ0) is 8.10. The summed E-state index contributed by atoms with van der Waals surface area (Å²) in [5.74, 6) is 0. The maximum Gasteiger partial charge on any atom is 0.319 e. The van der Waals surface area contributed by atoms with Gasteiger partial charge in [-0.3, -0.25) is 0 Å². The van der Waals surface area contributed by atoms with Crippen molar-refractivity contribution in [2.75, 3.05) is 11.9 Å². The first-order chi connectivity index (χ1) is 5.33. The van der Waals surface area contributed by atoms with Crippen LogP contribution in [0.15, 0.2) is 16.8 Å². The molecular weight excluding hydrogens is 160 g/mol. The SMILES string of the molecule is CCNC(=O)Nc1ccsc1. The molecule has 0 unspecified atom stereocenters. The molecule has 1 aromatic heterocycles. The highest BCUT2D eigenvalue weighted by Gasteiger charge is 1.97. The fraction of sp³-hybridized carbons (Fsp3) is 0.286. The van der Waals surface area contributed by atoms with Gasteiger partial charge in [0.05, 0.1) is 5.69 Å². The van der Waals surface area contributed by atoms with Crippen molar-refractivity contribution in [2.24, 2.45) is 0 Å². The smallest absolute Gasteiger partial charge is 0.319 e. The minimum Gasteiger partial charge on any atom is -0.338 e. The van der Waals surface area contributed by atoms with Crippen molar-refractivity contribution in [2.45, 2.75) is 6.92 Å². The number of carbonyl (C=O) groups excluding carboxylic acids is 1. The summed E-state index contributed by atoms with van der Waals surface area (Å²) < 4.78 is 0. The molecule has 3 nitrogen and oxygen atoms in total. The Morgan fingerprint density at radius 1 is 1.73 bits per heavy atom. The van der Waals surface area contributed by atoms with Crippen LogP contribution in [-0.2, 0) is 0 Å². The van der Waals surface area contributed by atoms with Crippen LogP contribution in [0.1, 0.15) is 6.92 Å². The van der Waals surface area contributed by atoms with Gasteiger partial charge in [0, 0.05) is 11.9 Å². The molecule has 0 aliphatic carbocycles. The summed E-state index contributed by atoms with van der Waals surface area (Å²) in [5, 5.41) is 9.12. The number of hydrogen-bond acceptors (Lipinski definition) is 2. The molecule has 0 radical (unpaired) electrons. The summed E-state index contributed by atoms with van der Waals surface area (Å²) >= 11 is 1.56. The van der Waals surface area contributed by atoms with Crippen molar-refractivity contribution in [1.29, 1.82) is 0 Å². The third kappa shape index (κ3) is 2.59. The fourth-order valence-corrected chi connectivity index (χ4v) is 1.26. The second-order valence-corrected chi connectivity index (χ2v) is 2.78. The number of thiophene rings is 1. The van der Waals surface area contributed by atoms with Gasteiger partial charge in [0.1, 0.15) is 0 Å². The first-order valence-electron chi connectivity index (χ1n) is 3.40. The van der Waals surface area contributed by atoms with Crippen LogP contribution in [0.2, 0.25) is 0 Å². The summed E-state index contributed by atoms with van der Waals surface area (Å²) in [6.45, 7) is 2.53. The number of urea groups is 1. The standard InChI is InChI=1S/C7H10N2OS/c1-2-8-7(10)9-6-3-4-11-5-6/h3-5H,2H2,1H3,(H2,8,9,10). The van der Waals surface area contributed by atoms with Gasteiger partial charge in [-0.25, -0.2) is 4.79 Å². The Morgan fingerprint density at radius 3 is 3.09 bits per heavy atom. The van der Waals surface area contributed by atoms with Gasteiger partial charge >= 0.3 is 6.03 Å². The molecule has 0 aliphatic rings. The largest absolute Gasteiger partial charge is 0.338 e. The maximum atomic E-state index is 10.9. The van der Waals surface area contributed by atoms with Crippen LogP contribution < -0.4 is 10.6 Å². The molecule has 2 N–H and O–H groups in total. The van der Waals surface area contributed by atoms with E-state index in [2.05, 4.69) is 10.6 Å². The highest BCUT2D eigenvalue weighted by atomic mass is 32.1. The van der Waals surface area contributed by atoms with Crippen LogP contribution in [0.4, 0.5) is 10.5 Å². The Labute approximate surface area is 69.4 Å². The quantitative estimate of drug-likeness (QED) is 0.699. The maximum absolute atomic E-state index is 10.9. The number of anilines is 1. The molecule has 1 rings (SSSR count). The van der Waals surface area contributed by atoms with Crippen molar-refractivity contribution >= 4 is 23.1 Å². The number of carbonyl (C=O) groups is 1. The molecule has 60 valence electrons. The molecule has 0 aromatic carbocycles. The molecule has 0 bridgehead atoms. The van der Waals surface area contributed by atoms with Crippen molar-refractivity contribution in [3.05, 3.63) is 16.8 Å².